The van der Waals surface area contributed by atoms with Crippen LogP contribution in [0.2, 0.25) is 0 Å². The molecule has 1 atom stereocenters. The van der Waals surface area contributed by atoms with Crippen LogP contribution in [0.4, 0.5) is 0 Å². The number of carbonyl (C=O) groups is 1. The number of carbonyl (C=O) groups excluding carboxylic acids is 1. The van der Waals surface area contributed by atoms with E-state index < -0.39 is 0 Å². The van der Waals surface area contributed by atoms with Crippen LogP contribution in [0.5, 0.6) is 0 Å². The van der Waals surface area contributed by atoms with Gasteiger partial charge >= 0.3 is 5.97 Å². The first-order valence-corrected chi connectivity index (χ1v) is 6.99. The molecule has 0 aromatic carbocycles. The second-order valence-electron chi connectivity index (χ2n) is 4.02. The van der Waals surface area contributed by atoms with Gasteiger partial charge in [-0.1, -0.05) is 0 Å². The highest BCUT2D eigenvalue weighted by Crippen LogP contribution is 2.11. The monoisotopic (exact) mass is 278 g/mol. The van der Waals surface area contributed by atoms with Crippen LogP contribution in [-0.2, 0) is 23.7 Å². The summed E-state index contributed by atoms with van der Waals surface area (Å²) in [4.78, 5) is 11.0. The van der Waals surface area contributed by atoms with Crippen molar-refractivity contribution < 1.29 is 23.7 Å². The Morgan fingerprint density at radius 1 is 1.22 bits per heavy atom. The largest absolute Gasteiger partial charge is 0.463 e. The molecule has 1 aliphatic rings. The molecule has 0 N–H and O–H groups in total. The molecule has 0 amide bonds. The van der Waals surface area contributed by atoms with E-state index in [1.54, 1.807) is 0 Å². The lowest BCUT2D eigenvalue weighted by molar-refractivity contribution is -0.144. The molecule has 18 heavy (non-hydrogen) atoms. The minimum atomic E-state index is -0.233. The molecule has 1 aliphatic heterocycles. The highest BCUT2D eigenvalue weighted by atomic mass is 32.1. The van der Waals surface area contributed by atoms with Crippen LogP contribution in [0.3, 0.4) is 0 Å². The zero-order valence-corrected chi connectivity index (χ0v) is 11.5. The lowest BCUT2D eigenvalue weighted by Crippen LogP contribution is -2.17. The van der Waals surface area contributed by atoms with Crippen LogP contribution in [0.1, 0.15) is 19.3 Å². The number of thiol groups is 1. The van der Waals surface area contributed by atoms with Gasteiger partial charge in [0.15, 0.2) is 0 Å². The molecule has 6 heteroatoms. The van der Waals surface area contributed by atoms with E-state index >= 15 is 0 Å². The molecule has 0 saturated carbocycles. The molecule has 0 aromatic heterocycles. The quantitative estimate of drug-likeness (QED) is 0.368. The molecule has 5 nitrogen and oxygen atoms in total. The Morgan fingerprint density at radius 2 is 2.00 bits per heavy atom. The Kier molecular flexibility index (Phi) is 9.28. The van der Waals surface area contributed by atoms with Gasteiger partial charge in [-0.3, -0.25) is 4.79 Å². The van der Waals surface area contributed by atoms with Crippen molar-refractivity contribution in [2.24, 2.45) is 0 Å². The van der Waals surface area contributed by atoms with Gasteiger partial charge in [0, 0.05) is 12.4 Å². The van der Waals surface area contributed by atoms with Crippen LogP contribution in [0.15, 0.2) is 0 Å². The molecule has 0 aromatic rings. The Labute approximate surface area is 114 Å². The third-order valence-electron chi connectivity index (χ3n) is 2.51. The van der Waals surface area contributed by atoms with Crippen LogP contribution in [0.25, 0.3) is 0 Å². The molecule has 0 aliphatic carbocycles. The van der Waals surface area contributed by atoms with Gasteiger partial charge in [0.1, 0.15) is 6.61 Å². The first kappa shape index (κ1) is 15.8. The fourth-order valence-electron chi connectivity index (χ4n) is 1.59. The normalized spacial score (nSPS) is 19.1. The third kappa shape index (κ3) is 7.92. The second-order valence-corrected chi connectivity index (χ2v) is 4.46. The van der Waals surface area contributed by atoms with E-state index in [-0.39, 0.29) is 12.1 Å². The zero-order chi connectivity index (χ0) is 13.1. The molecule has 0 bridgehead atoms. The van der Waals surface area contributed by atoms with Crippen molar-refractivity contribution in [1.29, 1.82) is 0 Å². The van der Waals surface area contributed by atoms with Crippen LogP contribution in [-0.4, -0.2) is 57.5 Å². The summed E-state index contributed by atoms with van der Waals surface area (Å²) in [5, 5.41) is 0. The maximum atomic E-state index is 11.0. The maximum absolute atomic E-state index is 11.0. The predicted molar refractivity (Wildman–Crippen MR) is 70.0 cm³/mol. The van der Waals surface area contributed by atoms with Crippen molar-refractivity contribution in [3.05, 3.63) is 0 Å². The summed E-state index contributed by atoms with van der Waals surface area (Å²) in [5.41, 5.74) is 0. The molecule has 1 saturated heterocycles. The second kappa shape index (κ2) is 10.6. The highest BCUT2D eigenvalue weighted by Gasteiger charge is 2.14. The van der Waals surface area contributed by atoms with Gasteiger partial charge < -0.3 is 18.9 Å². The van der Waals surface area contributed by atoms with Crippen molar-refractivity contribution in [1.82, 2.24) is 0 Å². The summed E-state index contributed by atoms with van der Waals surface area (Å²) in [6.07, 6.45) is 2.81. The lowest BCUT2D eigenvalue weighted by atomic mass is 10.2. The molecule has 1 fully saturated rings. The van der Waals surface area contributed by atoms with Crippen molar-refractivity contribution in [3.63, 3.8) is 0 Å². The van der Waals surface area contributed by atoms with Gasteiger partial charge in [0.25, 0.3) is 0 Å². The maximum Gasteiger partial charge on any atom is 0.306 e. The minimum Gasteiger partial charge on any atom is -0.463 e. The van der Waals surface area contributed by atoms with Crippen molar-refractivity contribution in [2.45, 2.75) is 25.4 Å². The van der Waals surface area contributed by atoms with E-state index in [1.807, 2.05) is 0 Å². The van der Waals surface area contributed by atoms with Crippen molar-refractivity contribution in [3.8, 4) is 0 Å². The Balaban J connectivity index is 1.77. The Hall–Kier alpha value is -0.300. The molecular formula is C12H22O5S. The number of hydrogen-bond donors (Lipinski definition) is 1. The van der Waals surface area contributed by atoms with E-state index in [1.165, 1.54) is 0 Å². The van der Waals surface area contributed by atoms with Crippen LogP contribution >= 0.6 is 12.6 Å². The SMILES string of the molecule is O=C(CCS)OCCOCCOCC1CCCO1. The summed E-state index contributed by atoms with van der Waals surface area (Å²) in [6.45, 7) is 3.24. The van der Waals surface area contributed by atoms with Crippen LogP contribution < -0.4 is 0 Å². The number of hydrogen-bond acceptors (Lipinski definition) is 6. The number of rotatable bonds is 10. The summed E-state index contributed by atoms with van der Waals surface area (Å²) in [5.74, 6) is 0.278. The molecule has 1 unspecified atom stereocenters. The van der Waals surface area contributed by atoms with Gasteiger partial charge in [-0.25, -0.2) is 0 Å². The Bertz CT molecular complexity index is 219. The summed E-state index contributed by atoms with van der Waals surface area (Å²) in [6, 6.07) is 0. The van der Waals surface area contributed by atoms with E-state index in [9.17, 15) is 4.79 Å². The average Bonchev–Trinajstić information content (AvgIpc) is 2.86. The van der Waals surface area contributed by atoms with Gasteiger partial charge in [-0.05, 0) is 12.8 Å². The fraction of sp³-hybridized carbons (Fsp3) is 0.917. The number of esters is 1. The summed E-state index contributed by atoms with van der Waals surface area (Å²) < 4.78 is 21.0. The number of ether oxygens (including phenoxy) is 4. The van der Waals surface area contributed by atoms with Crippen molar-refractivity contribution in [2.75, 3.05) is 45.4 Å². The molecule has 1 heterocycles. The standard InChI is InChI=1S/C12H22O5S/c13-12(3-9-18)17-8-7-14-5-6-15-10-11-2-1-4-16-11/h11,18H,1-10H2. The highest BCUT2D eigenvalue weighted by molar-refractivity contribution is 7.80. The Morgan fingerprint density at radius 3 is 2.72 bits per heavy atom. The van der Waals surface area contributed by atoms with Gasteiger partial charge in [0.05, 0.1) is 39.0 Å². The van der Waals surface area contributed by atoms with E-state index in [4.69, 9.17) is 18.9 Å². The lowest BCUT2D eigenvalue weighted by Gasteiger charge is -2.10. The van der Waals surface area contributed by atoms with Gasteiger partial charge in [-0.2, -0.15) is 12.6 Å². The van der Waals surface area contributed by atoms with E-state index in [0.717, 1.165) is 19.4 Å². The van der Waals surface area contributed by atoms with Crippen LogP contribution in [0, 0.1) is 0 Å². The smallest absolute Gasteiger partial charge is 0.306 e. The fourth-order valence-corrected chi connectivity index (χ4v) is 1.77. The third-order valence-corrected chi connectivity index (χ3v) is 2.73. The average molecular weight is 278 g/mol. The molecule has 0 spiro atoms. The minimum absolute atomic E-state index is 0.233. The summed E-state index contributed by atoms with van der Waals surface area (Å²) >= 11 is 3.94. The summed E-state index contributed by atoms with van der Waals surface area (Å²) in [7, 11) is 0. The first-order valence-electron chi connectivity index (χ1n) is 6.36. The molecule has 1 rings (SSSR count). The first-order chi connectivity index (χ1) is 8.83. The van der Waals surface area contributed by atoms with Gasteiger partial charge in [-0.15, -0.1) is 0 Å². The topological polar surface area (TPSA) is 54.0 Å². The molecular weight excluding hydrogens is 256 g/mol. The zero-order valence-electron chi connectivity index (χ0n) is 10.6. The van der Waals surface area contributed by atoms with E-state index in [0.29, 0.717) is 45.2 Å². The predicted octanol–water partition coefficient (Wildman–Crippen LogP) is 1.06. The molecule has 0 radical (unpaired) electrons. The van der Waals surface area contributed by atoms with E-state index in [2.05, 4.69) is 12.6 Å². The molecule has 106 valence electrons. The van der Waals surface area contributed by atoms with Gasteiger partial charge in [0.2, 0.25) is 0 Å². The van der Waals surface area contributed by atoms with Crippen molar-refractivity contribution >= 4 is 18.6 Å².